The first-order valence-corrected chi connectivity index (χ1v) is 14.6. The summed E-state index contributed by atoms with van der Waals surface area (Å²) in [6.07, 6.45) is 2.30. The van der Waals surface area contributed by atoms with E-state index in [1.807, 2.05) is 18.2 Å². The van der Waals surface area contributed by atoms with E-state index in [2.05, 4.69) is 24.9 Å². The summed E-state index contributed by atoms with van der Waals surface area (Å²) in [5.41, 5.74) is 3.58. The number of halogens is 4. The van der Waals surface area contributed by atoms with Crippen molar-refractivity contribution in [2.75, 3.05) is 6.61 Å². The maximum Gasteiger partial charge on any atom is 0.340 e. The lowest BCUT2D eigenvalue weighted by atomic mass is 9.88. The molecule has 224 valence electrons. The van der Waals surface area contributed by atoms with Gasteiger partial charge in [0.25, 0.3) is 0 Å². The van der Waals surface area contributed by atoms with Crippen LogP contribution < -0.4 is 4.74 Å². The predicted octanol–water partition coefficient (Wildman–Crippen LogP) is 9.56. The van der Waals surface area contributed by atoms with Gasteiger partial charge in [0, 0.05) is 32.8 Å². The molecule has 8 heteroatoms. The molecule has 1 atom stereocenters. The summed E-state index contributed by atoms with van der Waals surface area (Å²) in [7, 11) is 0. The number of H-pyrrole nitrogens is 1. The number of rotatable bonds is 13. The number of aromatic amines is 1. The molecule has 0 bridgehead atoms. The number of ether oxygens (including phenoxy) is 1. The molecule has 0 saturated carbocycles. The van der Waals surface area contributed by atoms with Gasteiger partial charge >= 0.3 is 12.3 Å². The lowest BCUT2D eigenvalue weighted by molar-refractivity contribution is -0.148. The summed E-state index contributed by atoms with van der Waals surface area (Å²) in [5, 5.41) is 3.36. The van der Waals surface area contributed by atoms with E-state index in [4.69, 9.17) is 4.74 Å². The molecule has 5 rings (SSSR count). The van der Waals surface area contributed by atoms with Crippen molar-refractivity contribution in [3.05, 3.63) is 89.0 Å². The topological polar surface area (TPSA) is 59.2 Å². The summed E-state index contributed by atoms with van der Waals surface area (Å²) in [4.78, 5) is 29.3. The van der Waals surface area contributed by atoms with Crippen LogP contribution in [-0.2, 0) is 6.42 Å². The molecule has 0 spiro atoms. The molecule has 0 fully saturated rings. The van der Waals surface area contributed by atoms with E-state index >= 15 is 0 Å². The van der Waals surface area contributed by atoms with Crippen molar-refractivity contribution in [3.63, 3.8) is 0 Å². The number of unbranched alkanes of at least 4 members (excludes halogenated alkanes) is 1. The Morgan fingerprint density at radius 3 is 2.49 bits per heavy atom. The van der Waals surface area contributed by atoms with Crippen LogP contribution in [0.5, 0.6) is 5.75 Å². The van der Waals surface area contributed by atoms with Gasteiger partial charge in [-0.1, -0.05) is 69.9 Å². The Morgan fingerprint density at radius 1 is 0.977 bits per heavy atom. The molecule has 1 aromatic heterocycles. The highest BCUT2D eigenvalue weighted by Crippen LogP contribution is 2.37. The number of hydrogen-bond acceptors (Lipinski definition) is 3. The van der Waals surface area contributed by atoms with Gasteiger partial charge in [-0.2, -0.15) is 8.78 Å². The molecular weight excluding hydrogens is 558 g/mol. The van der Waals surface area contributed by atoms with Crippen molar-refractivity contribution in [2.24, 2.45) is 5.92 Å². The lowest BCUT2D eigenvalue weighted by Gasteiger charge is -2.17. The molecule has 43 heavy (non-hydrogen) atoms. The first kappa shape index (κ1) is 30.3. The molecule has 4 aromatic carbocycles. The number of ketones is 1. The fraction of sp³-hybridized carbons (Fsp3) is 0.314. The van der Waals surface area contributed by atoms with Crippen LogP contribution in [-0.4, -0.2) is 36.0 Å². The molecular formula is C35H33F4NO3. The normalized spacial score (nSPS) is 12.8. The second kappa shape index (κ2) is 12.6. The zero-order valence-corrected chi connectivity index (χ0v) is 24.1. The highest BCUT2D eigenvalue weighted by Gasteiger charge is 2.42. The minimum atomic E-state index is -4.36. The van der Waals surface area contributed by atoms with E-state index in [-0.39, 0.29) is 16.9 Å². The standard InChI is InChI=1S/C35H33F4NO3/c1-3-5-9-21(4-2)16-22-10-8-12-25-24(19-41)18-28-27-17-23(14-15-29(27)40-32(28)31(22)25)33(42)26-11-6-7-13-30(26)43-20-35(38,39)34(36)37/h6-8,10-15,17-19,21,34,40H,3-5,9,16,20H2,1-2H3. The number of alkyl halides is 4. The van der Waals surface area contributed by atoms with Crippen molar-refractivity contribution >= 4 is 44.6 Å². The van der Waals surface area contributed by atoms with Gasteiger partial charge < -0.3 is 9.72 Å². The van der Waals surface area contributed by atoms with Crippen molar-refractivity contribution < 1.29 is 31.9 Å². The number of carbonyl (C=O) groups is 2. The van der Waals surface area contributed by atoms with Crippen molar-refractivity contribution in [1.82, 2.24) is 4.98 Å². The number of benzene rings is 4. The maximum atomic E-state index is 13.6. The van der Waals surface area contributed by atoms with Crippen LogP contribution in [0.1, 0.15) is 71.4 Å². The minimum absolute atomic E-state index is 0.0224. The number of hydrogen-bond donors (Lipinski definition) is 1. The molecule has 0 amide bonds. The largest absolute Gasteiger partial charge is 0.486 e. The SMILES string of the molecule is CCCCC(CC)Cc1cccc2c(C=O)cc3c4cc(C(=O)c5ccccc5OCC(F)(F)C(F)F)ccc4[nH]c3c12. The van der Waals surface area contributed by atoms with E-state index in [9.17, 15) is 27.2 Å². The van der Waals surface area contributed by atoms with E-state index in [1.165, 1.54) is 18.2 Å². The monoisotopic (exact) mass is 591 g/mol. The predicted molar refractivity (Wildman–Crippen MR) is 162 cm³/mol. The Bertz CT molecular complexity index is 1790. The van der Waals surface area contributed by atoms with Crippen LogP contribution in [0.2, 0.25) is 0 Å². The Hall–Kier alpha value is -4.20. The van der Waals surface area contributed by atoms with E-state index in [0.717, 1.165) is 76.5 Å². The van der Waals surface area contributed by atoms with Crippen LogP contribution in [0.4, 0.5) is 17.6 Å². The van der Waals surface area contributed by atoms with Gasteiger partial charge in [-0.05, 0) is 59.7 Å². The third-order valence-corrected chi connectivity index (χ3v) is 8.16. The quantitative estimate of drug-likeness (QED) is 0.0843. The summed E-state index contributed by atoms with van der Waals surface area (Å²) in [6.45, 7) is 2.83. The molecule has 1 unspecified atom stereocenters. The minimum Gasteiger partial charge on any atom is -0.486 e. The van der Waals surface area contributed by atoms with E-state index in [1.54, 1.807) is 24.3 Å². The van der Waals surface area contributed by atoms with E-state index in [0.29, 0.717) is 11.5 Å². The zero-order valence-electron chi connectivity index (χ0n) is 24.1. The Morgan fingerprint density at radius 2 is 1.77 bits per heavy atom. The molecule has 0 aliphatic rings. The fourth-order valence-electron chi connectivity index (χ4n) is 5.76. The Kier molecular flexibility index (Phi) is 8.85. The van der Waals surface area contributed by atoms with Crippen molar-refractivity contribution in [1.29, 1.82) is 0 Å². The molecule has 0 aliphatic heterocycles. The second-order valence-corrected chi connectivity index (χ2v) is 11.0. The number of carbonyl (C=O) groups excluding carboxylic acids is 2. The number of nitrogens with one attached hydrogen (secondary N) is 1. The fourth-order valence-corrected chi connectivity index (χ4v) is 5.76. The Balaban J connectivity index is 1.59. The third-order valence-electron chi connectivity index (χ3n) is 8.16. The average Bonchev–Trinajstić information content (AvgIpc) is 3.39. The van der Waals surface area contributed by atoms with Crippen molar-refractivity contribution in [2.45, 2.75) is 58.3 Å². The van der Waals surface area contributed by atoms with Crippen molar-refractivity contribution in [3.8, 4) is 5.75 Å². The van der Waals surface area contributed by atoms with Gasteiger partial charge in [-0.15, -0.1) is 0 Å². The van der Waals surface area contributed by atoms with Crippen LogP contribution in [0.15, 0.2) is 66.7 Å². The van der Waals surface area contributed by atoms with Gasteiger partial charge in [-0.3, -0.25) is 9.59 Å². The highest BCUT2D eigenvalue weighted by atomic mass is 19.3. The summed E-state index contributed by atoms with van der Waals surface area (Å²) >= 11 is 0. The summed E-state index contributed by atoms with van der Waals surface area (Å²) in [6, 6.07) is 18.7. The third kappa shape index (κ3) is 6.01. The molecule has 5 aromatic rings. The van der Waals surface area contributed by atoms with Gasteiger partial charge in [0.05, 0.1) is 11.1 Å². The number of aldehydes is 1. The average molecular weight is 592 g/mol. The molecule has 0 aliphatic carbocycles. The van der Waals surface area contributed by atoms with E-state index < -0.39 is 24.7 Å². The molecule has 0 saturated heterocycles. The maximum absolute atomic E-state index is 13.6. The lowest BCUT2D eigenvalue weighted by Crippen LogP contribution is -2.34. The van der Waals surface area contributed by atoms with Crippen LogP contribution in [0.25, 0.3) is 32.6 Å². The number of fused-ring (bicyclic) bond motifs is 5. The molecule has 4 nitrogen and oxygen atoms in total. The highest BCUT2D eigenvalue weighted by molar-refractivity contribution is 6.22. The van der Waals surface area contributed by atoms with Gasteiger partial charge in [0.1, 0.15) is 5.75 Å². The summed E-state index contributed by atoms with van der Waals surface area (Å²) in [5.74, 6) is -4.56. The first-order valence-electron chi connectivity index (χ1n) is 14.6. The van der Waals surface area contributed by atoms with Crippen LogP contribution in [0.3, 0.4) is 0 Å². The van der Waals surface area contributed by atoms with Gasteiger partial charge in [-0.25, -0.2) is 8.78 Å². The number of para-hydroxylation sites is 1. The smallest absolute Gasteiger partial charge is 0.340 e. The second-order valence-electron chi connectivity index (χ2n) is 11.0. The van der Waals surface area contributed by atoms with Gasteiger partial charge in [0.2, 0.25) is 0 Å². The van der Waals surface area contributed by atoms with Crippen LogP contribution in [0, 0.1) is 5.92 Å². The van der Waals surface area contributed by atoms with Crippen LogP contribution >= 0.6 is 0 Å². The Labute approximate surface area is 247 Å². The first-order chi connectivity index (χ1) is 20.7. The summed E-state index contributed by atoms with van der Waals surface area (Å²) < 4.78 is 57.4. The molecule has 0 radical (unpaired) electrons. The zero-order chi connectivity index (χ0) is 30.7. The molecule has 1 heterocycles. The van der Waals surface area contributed by atoms with Gasteiger partial charge in [0.15, 0.2) is 18.7 Å². The number of aromatic nitrogens is 1. The molecule has 1 N–H and O–H groups in total.